The van der Waals surface area contributed by atoms with Gasteiger partial charge in [0, 0.05) is 28.9 Å². The van der Waals surface area contributed by atoms with Crippen LogP contribution in [0.5, 0.6) is 17.2 Å². The van der Waals surface area contributed by atoms with Gasteiger partial charge in [0.1, 0.15) is 6.61 Å². The number of hydrogen-bond donors (Lipinski definition) is 3. The van der Waals surface area contributed by atoms with Crippen LogP contribution in [-0.4, -0.2) is 64.7 Å². The molecule has 1 saturated heterocycles. The van der Waals surface area contributed by atoms with E-state index in [-0.39, 0.29) is 46.5 Å². The predicted molar refractivity (Wildman–Crippen MR) is 147 cm³/mol. The van der Waals surface area contributed by atoms with E-state index < -0.39 is 17.7 Å². The summed E-state index contributed by atoms with van der Waals surface area (Å²) in [6.45, 7) is 0.861. The number of nitrogens with two attached hydrogens (primary N) is 1. The van der Waals surface area contributed by atoms with Crippen molar-refractivity contribution in [3.8, 4) is 17.2 Å². The summed E-state index contributed by atoms with van der Waals surface area (Å²) in [6.07, 6.45) is 0. The molecule has 1 aliphatic heterocycles. The van der Waals surface area contributed by atoms with Gasteiger partial charge in [0.25, 0.3) is 17.7 Å². The van der Waals surface area contributed by atoms with Gasteiger partial charge in [-0.3, -0.25) is 19.2 Å². The number of carbonyl (C=O) groups is 4. The number of anilines is 3. The molecule has 12 heteroatoms. The van der Waals surface area contributed by atoms with Gasteiger partial charge in [0.05, 0.1) is 39.3 Å². The van der Waals surface area contributed by atoms with Crippen molar-refractivity contribution in [1.29, 1.82) is 0 Å². The van der Waals surface area contributed by atoms with Crippen LogP contribution in [0.3, 0.4) is 0 Å². The number of methoxy groups -OCH3 is 3. The summed E-state index contributed by atoms with van der Waals surface area (Å²) in [6, 6.07) is 13.7. The zero-order valence-electron chi connectivity index (χ0n) is 22.1. The molecule has 1 heterocycles. The fraction of sp³-hybridized carbons (Fsp3) is 0.214. The Balaban J connectivity index is 1.59. The second kappa shape index (κ2) is 12.2. The maximum atomic E-state index is 13.2. The SMILES string of the molecule is COc1cc(C(=O)Nc2cc(C(N)=O)ccc2NC(=O)c2ccc(N3CCOCC3=O)cc2)cc(OC)c1OC. The molecule has 0 bridgehead atoms. The second-order valence-electron chi connectivity index (χ2n) is 8.59. The molecule has 4 N–H and O–H groups in total. The van der Waals surface area contributed by atoms with Gasteiger partial charge in [-0.25, -0.2) is 0 Å². The van der Waals surface area contributed by atoms with Crippen molar-refractivity contribution >= 4 is 40.7 Å². The van der Waals surface area contributed by atoms with Crippen LogP contribution < -0.4 is 35.5 Å². The van der Waals surface area contributed by atoms with Gasteiger partial charge in [0.2, 0.25) is 11.7 Å². The Morgan fingerprint density at radius 3 is 1.98 bits per heavy atom. The predicted octanol–water partition coefficient (Wildman–Crippen LogP) is 2.68. The molecule has 4 amide bonds. The van der Waals surface area contributed by atoms with Gasteiger partial charge < -0.3 is 40.2 Å². The zero-order valence-corrected chi connectivity index (χ0v) is 22.1. The lowest BCUT2D eigenvalue weighted by Crippen LogP contribution is -2.41. The Bertz CT molecular complexity index is 1430. The average Bonchev–Trinajstić information content (AvgIpc) is 2.97. The third-order valence-corrected chi connectivity index (χ3v) is 6.15. The maximum Gasteiger partial charge on any atom is 0.255 e. The van der Waals surface area contributed by atoms with Gasteiger partial charge in [-0.15, -0.1) is 0 Å². The summed E-state index contributed by atoms with van der Waals surface area (Å²) in [7, 11) is 4.29. The highest BCUT2D eigenvalue weighted by Gasteiger charge is 2.22. The Morgan fingerprint density at radius 1 is 0.800 bits per heavy atom. The number of rotatable bonds is 9. The number of nitrogens with one attached hydrogen (secondary N) is 2. The van der Waals surface area contributed by atoms with Crippen LogP contribution in [0.1, 0.15) is 31.1 Å². The third kappa shape index (κ3) is 5.97. The molecular weight excluding hydrogens is 520 g/mol. The molecule has 1 fully saturated rings. The molecule has 40 heavy (non-hydrogen) atoms. The number of primary amides is 1. The van der Waals surface area contributed by atoms with Crippen LogP contribution in [0.25, 0.3) is 0 Å². The number of ether oxygens (including phenoxy) is 4. The van der Waals surface area contributed by atoms with Crippen molar-refractivity contribution < 1.29 is 38.1 Å². The number of morpholine rings is 1. The second-order valence-corrected chi connectivity index (χ2v) is 8.59. The highest BCUT2D eigenvalue weighted by atomic mass is 16.5. The fourth-order valence-electron chi connectivity index (χ4n) is 4.09. The molecule has 0 radical (unpaired) electrons. The summed E-state index contributed by atoms with van der Waals surface area (Å²) >= 11 is 0. The van der Waals surface area contributed by atoms with Crippen molar-refractivity contribution in [2.45, 2.75) is 0 Å². The topological polar surface area (TPSA) is 159 Å². The first-order valence-corrected chi connectivity index (χ1v) is 12.1. The molecule has 208 valence electrons. The molecular formula is C28H28N4O8. The van der Waals surface area contributed by atoms with Crippen molar-refractivity contribution in [2.75, 3.05) is 56.6 Å². The van der Waals surface area contributed by atoms with E-state index in [2.05, 4.69) is 10.6 Å². The number of hydrogen-bond acceptors (Lipinski definition) is 8. The molecule has 12 nitrogen and oxygen atoms in total. The molecule has 0 atom stereocenters. The first-order chi connectivity index (χ1) is 19.2. The summed E-state index contributed by atoms with van der Waals surface area (Å²) < 4.78 is 21.1. The lowest BCUT2D eigenvalue weighted by atomic mass is 10.1. The van der Waals surface area contributed by atoms with E-state index in [1.165, 1.54) is 51.7 Å². The van der Waals surface area contributed by atoms with Crippen LogP contribution in [0.2, 0.25) is 0 Å². The van der Waals surface area contributed by atoms with Crippen molar-refractivity contribution in [2.24, 2.45) is 5.73 Å². The minimum atomic E-state index is -0.714. The third-order valence-electron chi connectivity index (χ3n) is 6.15. The zero-order chi connectivity index (χ0) is 28.8. The Labute approximate surface area is 229 Å². The summed E-state index contributed by atoms with van der Waals surface area (Å²) in [5, 5.41) is 5.45. The molecule has 0 spiro atoms. The van der Waals surface area contributed by atoms with E-state index in [0.29, 0.717) is 30.2 Å². The summed E-state index contributed by atoms with van der Waals surface area (Å²) in [5.74, 6) is -1.07. The Morgan fingerprint density at radius 2 is 1.40 bits per heavy atom. The van der Waals surface area contributed by atoms with Crippen LogP contribution in [0.15, 0.2) is 54.6 Å². The largest absolute Gasteiger partial charge is 0.493 e. The van der Waals surface area contributed by atoms with Crippen molar-refractivity contribution in [3.05, 3.63) is 71.3 Å². The van der Waals surface area contributed by atoms with Gasteiger partial charge in [0.15, 0.2) is 11.5 Å². The molecule has 3 aromatic rings. The van der Waals surface area contributed by atoms with Gasteiger partial charge in [-0.2, -0.15) is 0 Å². The van der Waals surface area contributed by atoms with Crippen LogP contribution in [0, 0.1) is 0 Å². The number of benzene rings is 3. The van der Waals surface area contributed by atoms with Crippen LogP contribution in [0.4, 0.5) is 17.1 Å². The minimum absolute atomic E-state index is 0.00806. The van der Waals surface area contributed by atoms with E-state index in [0.717, 1.165) is 0 Å². The van der Waals surface area contributed by atoms with Gasteiger partial charge >= 0.3 is 0 Å². The van der Waals surface area contributed by atoms with E-state index in [1.54, 1.807) is 29.2 Å². The standard InChI is InChI=1S/C28H28N4O8/c1-37-22-13-18(14-23(38-2)25(22)39-3)28(36)31-21-12-17(26(29)34)6-9-20(21)30-27(35)16-4-7-19(8-5-16)32-10-11-40-15-24(32)33/h4-9,12-14H,10-11,15H2,1-3H3,(H2,29,34)(H,30,35)(H,31,36). The molecule has 0 saturated carbocycles. The van der Waals surface area contributed by atoms with E-state index in [4.69, 9.17) is 24.7 Å². The maximum absolute atomic E-state index is 13.2. The Kier molecular flexibility index (Phi) is 8.50. The number of amides is 4. The number of nitrogens with zero attached hydrogens (tertiary/aromatic N) is 1. The summed E-state index contributed by atoms with van der Waals surface area (Å²) in [5.41, 5.74) is 7.05. The smallest absolute Gasteiger partial charge is 0.255 e. The van der Waals surface area contributed by atoms with E-state index in [1.807, 2.05) is 0 Å². The van der Waals surface area contributed by atoms with Crippen LogP contribution in [-0.2, 0) is 9.53 Å². The molecule has 3 aromatic carbocycles. The van der Waals surface area contributed by atoms with Crippen molar-refractivity contribution in [3.63, 3.8) is 0 Å². The summed E-state index contributed by atoms with van der Waals surface area (Å²) in [4.78, 5) is 51.8. The molecule has 0 unspecified atom stereocenters. The van der Waals surface area contributed by atoms with Crippen LogP contribution >= 0.6 is 0 Å². The molecule has 4 rings (SSSR count). The van der Waals surface area contributed by atoms with E-state index >= 15 is 0 Å². The van der Waals surface area contributed by atoms with Crippen molar-refractivity contribution in [1.82, 2.24) is 0 Å². The molecule has 0 aliphatic carbocycles. The first kappa shape index (κ1) is 27.9. The van der Waals surface area contributed by atoms with Gasteiger partial charge in [-0.1, -0.05) is 0 Å². The minimum Gasteiger partial charge on any atom is -0.493 e. The highest BCUT2D eigenvalue weighted by Crippen LogP contribution is 2.38. The highest BCUT2D eigenvalue weighted by molar-refractivity contribution is 6.11. The normalized spacial score (nSPS) is 12.9. The van der Waals surface area contributed by atoms with Gasteiger partial charge in [-0.05, 0) is 54.6 Å². The fourth-order valence-corrected chi connectivity index (χ4v) is 4.09. The molecule has 0 aromatic heterocycles. The lowest BCUT2D eigenvalue weighted by molar-refractivity contribution is -0.125. The van der Waals surface area contributed by atoms with E-state index in [9.17, 15) is 19.2 Å². The first-order valence-electron chi connectivity index (χ1n) is 12.1. The monoisotopic (exact) mass is 548 g/mol. The lowest BCUT2D eigenvalue weighted by Gasteiger charge is -2.26. The quantitative estimate of drug-likeness (QED) is 0.368. The average molecular weight is 549 g/mol. The molecule has 1 aliphatic rings. The number of carbonyl (C=O) groups excluding carboxylic acids is 4. The Hall–Kier alpha value is -5.10.